The van der Waals surface area contributed by atoms with Gasteiger partial charge in [-0.15, -0.1) is 0 Å². The smallest absolute Gasteiger partial charge is 0.303 e. The average Bonchev–Trinajstić information content (AvgIpc) is 2.86. The summed E-state index contributed by atoms with van der Waals surface area (Å²) in [6, 6.07) is 11.9. The lowest BCUT2D eigenvalue weighted by Gasteiger charge is -2.14. The van der Waals surface area contributed by atoms with E-state index in [-0.39, 0.29) is 31.1 Å². The molecule has 2 aromatic carbocycles. The second kappa shape index (κ2) is 11.1. The zero-order chi connectivity index (χ0) is 24.7. The number of carbonyl (C=O) groups excluding carboxylic acids is 1. The molecule has 10 heteroatoms. The maximum atomic E-state index is 12.3. The molecule has 0 saturated carbocycles. The van der Waals surface area contributed by atoms with Crippen molar-refractivity contribution in [2.24, 2.45) is 0 Å². The first-order valence-electron chi connectivity index (χ1n) is 10.3. The number of aliphatic carboxylic acids is 1. The molecule has 34 heavy (non-hydrogen) atoms. The summed E-state index contributed by atoms with van der Waals surface area (Å²) in [6.45, 7) is -0.161. The van der Waals surface area contributed by atoms with E-state index in [1.165, 1.54) is 14.2 Å². The molecule has 3 N–H and O–H groups in total. The number of amides is 1. The lowest BCUT2D eigenvalue weighted by atomic mass is 10.1. The number of nitrogens with one attached hydrogen (secondary N) is 1. The number of ether oxygens (including phenoxy) is 3. The van der Waals surface area contributed by atoms with E-state index in [1.807, 2.05) is 0 Å². The normalized spacial score (nSPS) is 10.5. The Kier molecular flexibility index (Phi) is 7.99. The van der Waals surface area contributed by atoms with E-state index >= 15 is 0 Å². The van der Waals surface area contributed by atoms with E-state index in [4.69, 9.17) is 19.3 Å². The van der Waals surface area contributed by atoms with E-state index < -0.39 is 11.9 Å². The fraction of sp³-hybridized carbons (Fsp3) is 0.250. The Morgan fingerprint density at radius 3 is 2.24 bits per heavy atom. The van der Waals surface area contributed by atoms with Gasteiger partial charge in [0.15, 0.2) is 5.82 Å². The van der Waals surface area contributed by atoms with Crippen molar-refractivity contribution in [3.8, 4) is 39.9 Å². The number of hydrogen-bond acceptors (Lipinski definition) is 8. The van der Waals surface area contributed by atoms with Crippen LogP contribution >= 0.6 is 0 Å². The summed E-state index contributed by atoms with van der Waals surface area (Å²) in [5.74, 6) is 0.395. The molecule has 3 rings (SSSR count). The first-order valence-corrected chi connectivity index (χ1v) is 10.3. The van der Waals surface area contributed by atoms with E-state index in [0.717, 1.165) is 0 Å². The van der Waals surface area contributed by atoms with Gasteiger partial charge in [0.2, 0.25) is 5.91 Å². The number of methoxy groups -OCH3 is 3. The number of benzene rings is 2. The Morgan fingerprint density at radius 1 is 0.882 bits per heavy atom. The van der Waals surface area contributed by atoms with E-state index in [9.17, 15) is 14.7 Å². The molecular weight excluding hydrogens is 442 g/mol. The van der Waals surface area contributed by atoms with Gasteiger partial charge in [-0.3, -0.25) is 9.59 Å². The molecule has 0 aliphatic carbocycles. The van der Waals surface area contributed by atoms with Crippen LogP contribution in [0.25, 0.3) is 22.6 Å². The number of aliphatic hydroxyl groups is 1. The van der Waals surface area contributed by atoms with E-state index in [1.54, 1.807) is 49.6 Å². The predicted molar refractivity (Wildman–Crippen MR) is 124 cm³/mol. The molecule has 0 aliphatic heterocycles. The number of carboxylic acids is 1. The second-order valence-electron chi connectivity index (χ2n) is 7.16. The van der Waals surface area contributed by atoms with Crippen LogP contribution in [0.4, 0.5) is 5.82 Å². The molecule has 1 aromatic heterocycles. The number of aromatic nitrogens is 2. The molecule has 0 bridgehead atoms. The summed E-state index contributed by atoms with van der Waals surface area (Å²) < 4.78 is 16.2. The Morgan fingerprint density at radius 2 is 1.59 bits per heavy atom. The Labute approximate surface area is 196 Å². The topological polar surface area (TPSA) is 140 Å². The fourth-order valence-corrected chi connectivity index (χ4v) is 3.22. The SMILES string of the molecule is COc1ccc(-c2cc(NC(=O)CCC(=O)O)nc(-c3ccc(CO)cc3OC)n2)c(OC)c1. The molecule has 3 aromatic rings. The van der Waals surface area contributed by atoms with Gasteiger partial charge in [0.05, 0.1) is 45.6 Å². The minimum atomic E-state index is -1.07. The minimum Gasteiger partial charge on any atom is -0.497 e. The summed E-state index contributed by atoms with van der Waals surface area (Å²) in [7, 11) is 4.56. The van der Waals surface area contributed by atoms with Crippen molar-refractivity contribution in [1.82, 2.24) is 9.97 Å². The van der Waals surface area contributed by atoms with Crippen molar-refractivity contribution < 1.29 is 34.0 Å². The third-order valence-corrected chi connectivity index (χ3v) is 4.93. The van der Waals surface area contributed by atoms with Gasteiger partial charge in [-0.2, -0.15) is 0 Å². The van der Waals surface area contributed by atoms with Crippen LogP contribution in [0.15, 0.2) is 42.5 Å². The highest BCUT2D eigenvalue weighted by atomic mass is 16.5. The van der Waals surface area contributed by atoms with E-state index in [2.05, 4.69) is 15.3 Å². The monoisotopic (exact) mass is 467 g/mol. The summed E-state index contributed by atoms with van der Waals surface area (Å²) >= 11 is 0. The summed E-state index contributed by atoms with van der Waals surface area (Å²) in [4.78, 5) is 32.2. The molecule has 1 amide bonds. The number of anilines is 1. The van der Waals surface area contributed by atoms with Crippen LogP contribution in [0.3, 0.4) is 0 Å². The van der Waals surface area contributed by atoms with Crippen LogP contribution in [0.5, 0.6) is 17.2 Å². The molecule has 0 atom stereocenters. The molecule has 0 spiro atoms. The Bertz CT molecular complexity index is 1120. The summed E-state index contributed by atoms with van der Waals surface area (Å²) in [6.07, 6.45) is -0.510. The number of nitrogens with zero attached hydrogens (tertiary/aromatic N) is 2. The number of carboxylic acid groups (broad SMARTS) is 1. The molecule has 10 nitrogen and oxygen atoms in total. The van der Waals surface area contributed by atoms with Gasteiger partial charge in [0.1, 0.15) is 23.1 Å². The van der Waals surface area contributed by atoms with Gasteiger partial charge in [0, 0.05) is 24.1 Å². The number of rotatable bonds is 10. The molecule has 0 saturated heterocycles. The number of hydrogen-bond donors (Lipinski definition) is 3. The van der Waals surface area contributed by atoms with E-state index in [0.29, 0.717) is 39.6 Å². The second-order valence-corrected chi connectivity index (χ2v) is 7.16. The van der Waals surface area contributed by atoms with Crippen LogP contribution in [0, 0.1) is 0 Å². The standard InChI is InChI=1S/C24H25N3O7/c1-32-15-5-7-16(20(11-15)34-3)18-12-21(26-22(29)8-9-23(30)31)27-24(25-18)17-6-4-14(13-28)10-19(17)33-2/h4-7,10-12,28H,8-9,13H2,1-3H3,(H,30,31)(H,25,26,27,29). The first kappa shape index (κ1) is 24.5. The summed E-state index contributed by atoms with van der Waals surface area (Å²) in [5.41, 5.74) is 2.26. The molecule has 178 valence electrons. The molecule has 0 aliphatic rings. The van der Waals surface area contributed by atoms with Crippen LogP contribution in [-0.2, 0) is 16.2 Å². The van der Waals surface area contributed by atoms with Crippen LogP contribution < -0.4 is 19.5 Å². The lowest BCUT2D eigenvalue weighted by Crippen LogP contribution is -2.15. The van der Waals surface area contributed by atoms with Crippen LogP contribution in [0.2, 0.25) is 0 Å². The highest BCUT2D eigenvalue weighted by Gasteiger charge is 2.17. The Balaban J connectivity index is 2.13. The van der Waals surface area contributed by atoms with Gasteiger partial charge in [-0.1, -0.05) is 6.07 Å². The van der Waals surface area contributed by atoms with Crippen molar-refractivity contribution in [1.29, 1.82) is 0 Å². The van der Waals surface area contributed by atoms with Gasteiger partial charge in [-0.25, -0.2) is 9.97 Å². The molecule has 1 heterocycles. The van der Waals surface area contributed by atoms with Crippen LogP contribution in [0.1, 0.15) is 18.4 Å². The maximum absolute atomic E-state index is 12.3. The molecular formula is C24H25N3O7. The zero-order valence-corrected chi connectivity index (χ0v) is 19.0. The van der Waals surface area contributed by atoms with Gasteiger partial charge < -0.3 is 29.7 Å². The van der Waals surface area contributed by atoms with Crippen molar-refractivity contribution >= 4 is 17.7 Å². The van der Waals surface area contributed by atoms with Crippen LogP contribution in [-0.4, -0.2) is 53.4 Å². The highest BCUT2D eigenvalue weighted by Crippen LogP contribution is 2.36. The summed E-state index contributed by atoms with van der Waals surface area (Å²) in [5, 5.41) is 20.9. The maximum Gasteiger partial charge on any atom is 0.303 e. The van der Waals surface area contributed by atoms with Crippen molar-refractivity contribution in [3.05, 3.63) is 48.0 Å². The van der Waals surface area contributed by atoms with Gasteiger partial charge in [0.25, 0.3) is 0 Å². The zero-order valence-electron chi connectivity index (χ0n) is 19.0. The number of carbonyl (C=O) groups is 2. The fourth-order valence-electron chi connectivity index (χ4n) is 3.22. The number of aliphatic hydroxyl groups excluding tert-OH is 1. The van der Waals surface area contributed by atoms with Crippen molar-refractivity contribution in [2.45, 2.75) is 19.4 Å². The highest BCUT2D eigenvalue weighted by molar-refractivity contribution is 5.92. The van der Waals surface area contributed by atoms with Crippen molar-refractivity contribution in [3.63, 3.8) is 0 Å². The third-order valence-electron chi connectivity index (χ3n) is 4.93. The Hall–Kier alpha value is -4.18. The van der Waals surface area contributed by atoms with Crippen molar-refractivity contribution in [2.75, 3.05) is 26.6 Å². The predicted octanol–water partition coefficient (Wildman–Crippen LogP) is 3.13. The molecule has 0 fully saturated rings. The lowest BCUT2D eigenvalue weighted by molar-refractivity contribution is -0.138. The molecule has 0 radical (unpaired) electrons. The molecule has 0 unspecified atom stereocenters. The first-order chi connectivity index (χ1) is 16.4. The third kappa shape index (κ3) is 5.78. The average molecular weight is 467 g/mol. The largest absolute Gasteiger partial charge is 0.497 e. The van der Waals surface area contributed by atoms with Gasteiger partial charge >= 0.3 is 5.97 Å². The minimum absolute atomic E-state index is 0.161. The van der Waals surface area contributed by atoms with Gasteiger partial charge in [-0.05, 0) is 29.8 Å². The quantitative estimate of drug-likeness (QED) is 0.410.